The predicted molar refractivity (Wildman–Crippen MR) is 353 cm³/mol. The molecular weight excluding hydrogens is 997 g/mol. The number of hydrogen-bond donors (Lipinski definition) is 0. The first kappa shape index (κ1) is 78.6. The van der Waals surface area contributed by atoms with Crippen molar-refractivity contribution >= 4 is 17.9 Å². The van der Waals surface area contributed by atoms with E-state index in [1.807, 2.05) is 0 Å². The Morgan fingerprint density at radius 2 is 0.407 bits per heavy atom. The molecule has 0 spiro atoms. The summed E-state index contributed by atoms with van der Waals surface area (Å²) in [6.07, 6.45) is 87.4. The topological polar surface area (TPSA) is 78.9 Å². The van der Waals surface area contributed by atoms with E-state index < -0.39 is 6.10 Å². The van der Waals surface area contributed by atoms with Crippen LogP contribution in [0.2, 0.25) is 0 Å². The van der Waals surface area contributed by atoms with Crippen molar-refractivity contribution < 1.29 is 28.6 Å². The van der Waals surface area contributed by atoms with E-state index in [2.05, 4.69) is 57.2 Å². The van der Waals surface area contributed by atoms with Gasteiger partial charge >= 0.3 is 17.9 Å². The van der Waals surface area contributed by atoms with Crippen LogP contribution in [0.4, 0.5) is 0 Å². The van der Waals surface area contributed by atoms with Gasteiger partial charge in [-0.1, -0.05) is 327 Å². The van der Waals surface area contributed by atoms with Crippen LogP contribution in [0.3, 0.4) is 0 Å². The molecule has 0 heterocycles. The lowest BCUT2D eigenvalue weighted by Crippen LogP contribution is -2.30. The highest BCUT2D eigenvalue weighted by Gasteiger charge is 2.19. The molecule has 0 rings (SSSR count). The average Bonchev–Trinajstić information content (AvgIpc) is 3.47. The molecule has 0 aliphatic heterocycles. The highest BCUT2D eigenvalue weighted by molar-refractivity contribution is 5.71. The predicted octanol–water partition coefficient (Wildman–Crippen LogP) is 25.1. The zero-order valence-corrected chi connectivity index (χ0v) is 54.8. The van der Waals surface area contributed by atoms with E-state index in [1.54, 1.807) is 0 Å². The Labute approximate surface area is 506 Å². The smallest absolute Gasteiger partial charge is 0.306 e. The molecule has 81 heavy (non-hydrogen) atoms. The van der Waals surface area contributed by atoms with Crippen molar-refractivity contribution in [2.24, 2.45) is 0 Å². The third kappa shape index (κ3) is 68.3. The molecule has 6 nitrogen and oxygen atoms in total. The van der Waals surface area contributed by atoms with E-state index in [9.17, 15) is 14.4 Å². The number of hydrogen-bond acceptors (Lipinski definition) is 6. The van der Waals surface area contributed by atoms with E-state index in [1.165, 1.54) is 308 Å². The number of carbonyl (C=O) groups excluding carboxylic acids is 3. The largest absolute Gasteiger partial charge is 0.462 e. The summed E-state index contributed by atoms with van der Waals surface area (Å²) in [6, 6.07) is 0. The van der Waals surface area contributed by atoms with Gasteiger partial charge in [0.05, 0.1) is 0 Å². The maximum Gasteiger partial charge on any atom is 0.306 e. The maximum absolute atomic E-state index is 13.0. The monoisotopic (exact) mass is 1140 g/mol. The van der Waals surface area contributed by atoms with Crippen LogP contribution in [0.1, 0.15) is 406 Å². The first-order chi connectivity index (χ1) is 40.0. The highest BCUT2D eigenvalue weighted by atomic mass is 16.6. The third-order valence-electron chi connectivity index (χ3n) is 16.6. The standard InChI is InChI=1S/C75H140O6/c1-4-7-10-13-16-19-22-25-28-31-34-37-40-43-46-49-52-55-58-61-64-67-73(76)79-70-72(81-75(78)69-66-63-60-57-54-51-48-45-42-39-36-33-30-27-24-21-18-15-12-9-6-3)71-80-74(77)68-65-62-59-56-53-50-47-44-41-38-35-32-29-26-23-20-17-14-11-8-5-2/h25-30,72H,4-24,31-71H2,1-3H3/b28-25+,29-26+,30-27+. The summed E-state index contributed by atoms with van der Waals surface area (Å²) >= 11 is 0. The molecule has 0 bridgehead atoms. The van der Waals surface area contributed by atoms with Gasteiger partial charge in [-0.3, -0.25) is 14.4 Å². The fraction of sp³-hybridized carbons (Fsp3) is 0.880. The van der Waals surface area contributed by atoms with Crippen molar-refractivity contribution in [2.45, 2.75) is 412 Å². The molecule has 6 heteroatoms. The van der Waals surface area contributed by atoms with Gasteiger partial charge in [0.25, 0.3) is 0 Å². The first-order valence-corrected chi connectivity index (χ1v) is 36.5. The molecule has 0 aliphatic rings. The Balaban J connectivity index is 4.32. The van der Waals surface area contributed by atoms with E-state index in [4.69, 9.17) is 14.2 Å². The summed E-state index contributed by atoms with van der Waals surface area (Å²) in [5.41, 5.74) is 0. The molecule has 0 amide bonds. The first-order valence-electron chi connectivity index (χ1n) is 36.5. The minimum atomic E-state index is -0.773. The minimum Gasteiger partial charge on any atom is -0.462 e. The Bertz CT molecular complexity index is 1280. The molecule has 0 radical (unpaired) electrons. The molecule has 0 atom stereocenters. The molecule has 0 aromatic heterocycles. The highest BCUT2D eigenvalue weighted by Crippen LogP contribution is 2.18. The quantitative estimate of drug-likeness (QED) is 0.0261. The van der Waals surface area contributed by atoms with Crippen molar-refractivity contribution in [1.82, 2.24) is 0 Å². The number of rotatable bonds is 68. The Kier molecular flexibility index (Phi) is 68.1. The Morgan fingerprint density at radius 1 is 0.235 bits per heavy atom. The van der Waals surface area contributed by atoms with Crippen LogP contribution in [0.25, 0.3) is 0 Å². The van der Waals surface area contributed by atoms with Gasteiger partial charge in [-0.15, -0.1) is 0 Å². The van der Waals surface area contributed by atoms with Crippen molar-refractivity contribution in [2.75, 3.05) is 13.2 Å². The number of esters is 3. The van der Waals surface area contributed by atoms with Gasteiger partial charge in [0.2, 0.25) is 0 Å². The van der Waals surface area contributed by atoms with E-state index >= 15 is 0 Å². The lowest BCUT2D eigenvalue weighted by atomic mass is 10.0. The molecule has 0 N–H and O–H groups in total. The molecule has 0 saturated heterocycles. The van der Waals surface area contributed by atoms with Gasteiger partial charge in [0, 0.05) is 19.3 Å². The molecule has 476 valence electrons. The number of carbonyl (C=O) groups is 3. The van der Waals surface area contributed by atoms with Crippen molar-refractivity contribution in [3.05, 3.63) is 36.5 Å². The summed E-state index contributed by atoms with van der Waals surface area (Å²) in [5, 5.41) is 0. The summed E-state index contributed by atoms with van der Waals surface area (Å²) in [7, 11) is 0. The summed E-state index contributed by atoms with van der Waals surface area (Å²) in [5.74, 6) is -0.840. The van der Waals surface area contributed by atoms with Gasteiger partial charge in [0.1, 0.15) is 13.2 Å². The number of ether oxygens (including phenoxy) is 3. The average molecular weight is 1140 g/mol. The molecule has 0 unspecified atom stereocenters. The summed E-state index contributed by atoms with van der Waals surface area (Å²) in [4.78, 5) is 38.5. The SMILES string of the molecule is CCCCCCCC/C=C/CCCCCCCCCCCCCC(=O)OCC(COC(=O)CCCCCCCCCCCCC/C=C/CCCCCCCC)OC(=O)CCCCCCCCCCCCC/C=C/CCCCCCCC. The molecule has 0 fully saturated rings. The lowest BCUT2D eigenvalue weighted by molar-refractivity contribution is -0.167. The zero-order chi connectivity index (χ0) is 58.5. The van der Waals surface area contributed by atoms with Crippen LogP contribution >= 0.6 is 0 Å². The Morgan fingerprint density at radius 3 is 0.617 bits per heavy atom. The van der Waals surface area contributed by atoms with Crippen LogP contribution in [-0.2, 0) is 28.6 Å². The van der Waals surface area contributed by atoms with Crippen LogP contribution in [0.5, 0.6) is 0 Å². The van der Waals surface area contributed by atoms with Crippen molar-refractivity contribution in [3.63, 3.8) is 0 Å². The Hall–Kier alpha value is -2.37. The normalized spacial score (nSPS) is 11.9. The van der Waals surface area contributed by atoms with Crippen molar-refractivity contribution in [3.8, 4) is 0 Å². The van der Waals surface area contributed by atoms with Gasteiger partial charge in [-0.25, -0.2) is 0 Å². The second-order valence-corrected chi connectivity index (χ2v) is 24.8. The molecule has 0 aromatic carbocycles. The second-order valence-electron chi connectivity index (χ2n) is 24.8. The third-order valence-corrected chi connectivity index (χ3v) is 16.6. The van der Waals surface area contributed by atoms with E-state index in [0.29, 0.717) is 19.3 Å². The molecule has 0 aliphatic carbocycles. The molecule has 0 aromatic rings. The van der Waals surface area contributed by atoms with Crippen LogP contribution in [0, 0.1) is 0 Å². The van der Waals surface area contributed by atoms with Crippen LogP contribution < -0.4 is 0 Å². The van der Waals surface area contributed by atoms with E-state index in [-0.39, 0.29) is 31.1 Å². The lowest BCUT2D eigenvalue weighted by Gasteiger charge is -2.18. The van der Waals surface area contributed by atoms with Gasteiger partial charge in [0.15, 0.2) is 6.10 Å². The van der Waals surface area contributed by atoms with Gasteiger partial charge < -0.3 is 14.2 Å². The number of allylic oxidation sites excluding steroid dienone is 6. The van der Waals surface area contributed by atoms with Crippen LogP contribution in [-0.4, -0.2) is 37.2 Å². The van der Waals surface area contributed by atoms with Gasteiger partial charge in [-0.2, -0.15) is 0 Å². The van der Waals surface area contributed by atoms with Gasteiger partial charge in [-0.05, 0) is 96.3 Å². The van der Waals surface area contributed by atoms with Crippen molar-refractivity contribution in [1.29, 1.82) is 0 Å². The molecular formula is C75H140O6. The second kappa shape index (κ2) is 70.1. The zero-order valence-electron chi connectivity index (χ0n) is 54.8. The minimum absolute atomic E-state index is 0.0686. The number of unbranched alkanes of at least 4 members (excludes halogenated alkanes) is 51. The maximum atomic E-state index is 13.0. The fourth-order valence-corrected chi connectivity index (χ4v) is 11.1. The fourth-order valence-electron chi connectivity index (χ4n) is 11.1. The van der Waals surface area contributed by atoms with E-state index in [0.717, 1.165) is 57.8 Å². The van der Waals surface area contributed by atoms with Crippen LogP contribution in [0.15, 0.2) is 36.5 Å². The summed E-state index contributed by atoms with van der Waals surface area (Å²) in [6.45, 7) is 6.71. The molecule has 0 saturated carbocycles. The summed E-state index contributed by atoms with van der Waals surface area (Å²) < 4.78 is 17.0.